The smallest absolute Gasteiger partial charge is 0.308 e. The highest BCUT2D eigenvalue weighted by Crippen LogP contribution is 2.46. The van der Waals surface area contributed by atoms with Gasteiger partial charge < -0.3 is 9.13 Å². The van der Waals surface area contributed by atoms with Crippen molar-refractivity contribution < 1.29 is 13.2 Å². The number of aryl methyl sites for hydroxylation is 4. The zero-order valence-corrected chi connectivity index (χ0v) is 26.9. The van der Waals surface area contributed by atoms with Crippen molar-refractivity contribution in [3.63, 3.8) is 0 Å². The lowest BCUT2D eigenvalue weighted by Gasteiger charge is -2.21. The number of benzene rings is 6. The van der Waals surface area contributed by atoms with Crippen LogP contribution in [-0.4, -0.2) is 9.13 Å². The monoisotopic (exact) mass is 633 g/mol. The molecule has 3 nitrogen and oxygen atoms in total. The van der Waals surface area contributed by atoms with Crippen LogP contribution in [0, 0.1) is 34.3 Å². The van der Waals surface area contributed by atoms with Gasteiger partial charge in [0, 0.05) is 21.5 Å². The van der Waals surface area contributed by atoms with Gasteiger partial charge in [0.1, 0.15) is 0 Å². The van der Waals surface area contributed by atoms with Gasteiger partial charge in [0.25, 0.3) is 0 Å². The Bertz CT molecular complexity index is 2540. The molecule has 234 valence electrons. The first-order chi connectivity index (χ1) is 23.0. The van der Waals surface area contributed by atoms with Gasteiger partial charge in [-0.3, -0.25) is 0 Å². The molecule has 0 atom stereocenters. The van der Waals surface area contributed by atoms with E-state index in [4.69, 9.17) is 6.57 Å². The maximum absolute atomic E-state index is 14.5. The molecule has 2 heterocycles. The predicted molar refractivity (Wildman–Crippen MR) is 191 cm³/mol. The van der Waals surface area contributed by atoms with Gasteiger partial charge in [0.2, 0.25) is 0 Å². The molecule has 0 amide bonds. The zero-order chi connectivity index (χ0) is 33.5. The van der Waals surface area contributed by atoms with Crippen molar-refractivity contribution in [2.45, 2.75) is 33.9 Å². The molecule has 0 N–H and O–H groups in total. The second-order valence-electron chi connectivity index (χ2n) is 12.8. The van der Waals surface area contributed by atoms with Gasteiger partial charge in [0.15, 0.2) is 5.69 Å². The first-order valence-corrected chi connectivity index (χ1v) is 15.8. The molecular weight excluding hydrogens is 603 g/mol. The van der Waals surface area contributed by atoms with Crippen LogP contribution in [0.25, 0.3) is 71.0 Å². The first-order valence-electron chi connectivity index (χ1n) is 15.8. The fourth-order valence-corrected chi connectivity index (χ4v) is 7.19. The van der Waals surface area contributed by atoms with Gasteiger partial charge in [-0.1, -0.05) is 66.7 Å². The Morgan fingerprint density at radius 2 is 0.896 bits per heavy atom. The van der Waals surface area contributed by atoms with Crippen LogP contribution < -0.4 is 0 Å². The van der Waals surface area contributed by atoms with Crippen LogP contribution in [0.15, 0.2) is 109 Å². The van der Waals surface area contributed by atoms with Crippen LogP contribution >= 0.6 is 0 Å². The Hall–Kier alpha value is -5.80. The Morgan fingerprint density at radius 1 is 0.500 bits per heavy atom. The third-order valence-electron chi connectivity index (χ3n) is 9.37. The summed E-state index contributed by atoms with van der Waals surface area (Å²) in [6, 6.07) is 34.4. The topological polar surface area (TPSA) is 14.2 Å². The summed E-state index contributed by atoms with van der Waals surface area (Å²) < 4.78 is 47.8. The van der Waals surface area contributed by atoms with Crippen molar-refractivity contribution in [2.24, 2.45) is 0 Å². The van der Waals surface area contributed by atoms with E-state index in [9.17, 15) is 13.2 Å². The van der Waals surface area contributed by atoms with E-state index in [-0.39, 0.29) is 16.8 Å². The van der Waals surface area contributed by atoms with Crippen molar-refractivity contribution in [3.05, 3.63) is 148 Å². The minimum atomic E-state index is -4.60. The Morgan fingerprint density at radius 3 is 1.29 bits per heavy atom. The highest BCUT2D eigenvalue weighted by atomic mass is 19.4. The highest BCUT2D eigenvalue weighted by molar-refractivity contribution is 6.12. The lowest BCUT2D eigenvalue weighted by Crippen LogP contribution is -2.08. The summed E-state index contributed by atoms with van der Waals surface area (Å²) in [6.07, 6.45) is -4.60. The summed E-state index contributed by atoms with van der Waals surface area (Å²) in [5, 5.41) is 4.21. The zero-order valence-electron chi connectivity index (χ0n) is 26.9. The van der Waals surface area contributed by atoms with Crippen LogP contribution in [0.5, 0.6) is 0 Å². The summed E-state index contributed by atoms with van der Waals surface area (Å²) in [5.74, 6) is 0. The SMILES string of the molecule is [C-]#[N+]c1cc(-n2c3cc(C)ccc3c3ccc(C)cc32)c(-n2c3cc(C)ccc3c3ccc(C)cc32)cc1-c1ccccc1C(F)(F)F. The van der Waals surface area contributed by atoms with E-state index in [0.717, 1.165) is 71.9 Å². The molecule has 6 heteroatoms. The molecule has 0 spiro atoms. The molecule has 0 aliphatic rings. The summed E-state index contributed by atoms with van der Waals surface area (Å²) in [6.45, 7) is 16.4. The summed E-state index contributed by atoms with van der Waals surface area (Å²) in [5.41, 5.74) is 9.08. The maximum Gasteiger partial charge on any atom is 0.416 e. The summed E-state index contributed by atoms with van der Waals surface area (Å²) in [7, 11) is 0. The molecule has 2 aromatic heterocycles. The third-order valence-corrected chi connectivity index (χ3v) is 9.37. The number of halogens is 3. The fraction of sp³-hybridized carbons (Fsp3) is 0.119. The fourth-order valence-electron chi connectivity index (χ4n) is 7.19. The van der Waals surface area contributed by atoms with Crippen LogP contribution in [0.1, 0.15) is 27.8 Å². The number of nitrogens with zero attached hydrogens (tertiary/aromatic N) is 3. The minimum absolute atomic E-state index is 0.0224. The number of rotatable bonds is 3. The van der Waals surface area contributed by atoms with E-state index in [2.05, 4.69) is 86.8 Å². The molecule has 0 fully saturated rings. The van der Waals surface area contributed by atoms with Crippen LogP contribution in [-0.2, 0) is 6.18 Å². The van der Waals surface area contributed by atoms with Gasteiger partial charge >= 0.3 is 6.18 Å². The first kappa shape index (κ1) is 29.6. The molecule has 0 unspecified atom stereocenters. The molecule has 0 aliphatic heterocycles. The number of aromatic nitrogens is 2. The Kier molecular flexibility index (Phi) is 6.54. The summed E-state index contributed by atoms with van der Waals surface area (Å²) in [4.78, 5) is 3.87. The molecule has 8 rings (SSSR count). The van der Waals surface area contributed by atoms with Crippen molar-refractivity contribution in [3.8, 4) is 22.5 Å². The molecule has 0 bridgehead atoms. The quantitative estimate of drug-likeness (QED) is 0.172. The standard InChI is InChI=1S/C42H30F3N3/c1-24-10-14-29-30-15-11-25(2)19-37(30)47(36(29)18-24)40-22-33(28-8-6-7-9-34(28)42(43,44)45)35(46-5)23-41(40)48-38-20-26(3)12-16-31(38)32-17-13-27(4)21-39(32)48/h6-23H,1-4H3. The van der Waals surface area contributed by atoms with E-state index in [1.165, 1.54) is 12.1 Å². The van der Waals surface area contributed by atoms with E-state index >= 15 is 0 Å². The van der Waals surface area contributed by atoms with Crippen LogP contribution in [0.2, 0.25) is 0 Å². The largest absolute Gasteiger partial charge is 0.416 e. The maximum atomic E-state index is 14.5. The highest BCUT2D eigenvalue weighted by Gasteiger charge is 2.34. The number of hydrogen-bond acceptors (Lipinski definition) is 0. The molecule has 0 aliphatic carbocycles. The summed E-state index contributed by atoms with van der Waals surface area (Å²) >= 11 is 0. The van der Waals surface area contributed by atoms with Crippen LogP contribution in [0.3, 0.4) is 0 Å². The van der Waals surface area contributed by atoms with Gasteiger partial charge in [-0.05, 0) is 104 Å². The van der Waals surface area contributed by atoms with E-state index in [0.29, 0.717) is 11.4 Å². The molecule has 0 saturated carbocycles. The van der Waals surface area contributed by atoms with E-state index in [1.807, 2.05) is 27.7 Å². The van der Waals surface area contributed by atoms with Crippen molar-refractivity contribution >= 4 is 49.3 Å². The third kappa shape index (κ3) is 4.50. The molecule has 48 heavy (non-hydrogen) atoms. The van der Waals surface area contributed by atoms with Gasteiger partial charge in [-0.25, -0.2) is 4.85 Å². The van der Waals surface area contributed by atoms with Crippen LogP contribution in [0.4, 0.5) is 18.9 Å². The normalized spacial score (nSPS) is 12.0. The van der Waals surface area contributed by atoms with Gasteiger partial charge in [-0.2, -0.15) is 13.2 Å². The molecule has 8 aromatic rings. The average molecular weight is 634 g/mol. The second kappa shape index (κ2) is 10.6. The molecule has 0 radical (unpaired) electrons. The average Bonchev–Trinajstić information content (AvgIpc) is 3.53. The lowest BCUT2D eigenvalue weighted by atomic mass is 9.96. The second-order valence-corrected chi connectivity index (χ2v) is 12.8. The molecule has 0 saturated heterocycles. The van der Waals surface area contributed by atoms with Gasteiger partial charge in [0.05, 0.1) is 45.6 Å². The Labute approximate surface area is 275 Å². The minimum Gasteiger partial charge on any atom is -0.308 e. The number of alkyl halides is 3. The molecule has 6 aromatic carbocycles. The van der Waals surface area contributed by atoms with E-state index in [1.54, 1.807) is 18.2 Å². The van der Waals surface area contributed by atoms with Crippen molar-refractivity contribution in [2.75, 3.05) is 0 Å². The van der Waals surface area contributed by atoms with Crippen molar-refractivity contribution in [1.29, 1.82) is 0 Å². The predicted octanol–water partition coefficient (Wildman–Crippen LogP) is 12.4. The van der Waals surface area contributed by atoms with Gasteiger partial charge in [-0.15, -0.1) is 0 Å². The van der Waals surface area contributed by atoms with Crippen molar-refractivity contribution in [1.82, 2.24) is 9.13 Å². The number of hydrogen-bond donors (Lipinski definition) is 0. The Balaban J connectivity index is 1.62. The number of fused-ring (bicyclic) bond motifs is 6. The molecular formula is C42H30F3N3. The lowest BCUT2D eigenvalue weighted by molar-refractivity contribution is -0.137. The van der Waals surface area contributed by atoms with E-state index < -0.39 is 11.7 Å².